The summed E-state index contributed by atoms with van der Waals surface area (Å²) in [6.07, 6.45) is -0.684. The zero-order valence-electron chi connectivity index (χ0n) is 13.9. The van der Waals surface area contributed by atoms with Crippen LogP contribution in [0.15, 0.2) is 30.3 Å². The van der Waals surface area contributed by atoms with Gasteiger partial charge in [-0.05, 0) is 38.1 Å². The van der Waals surface area contributed by atoms with Gasteiger partial charge in [0.25, 0.3) is 0 Å². The number of hydrogen-bond donors (Lipinski definition) is 0. The van der Waals surface area contributed by atoms with E-state index in [1.165, 1.54) is 4.90 Å². The summed E-state index contributed by atoms with van der Waals surface area (Å²) < 4.78 is 45.3. The molecule has 2 unspecified atom stereocenters. The number of amides is 1. The van der Waals surface area contributed by atoms with Crippen LogP contribution in [0, 0.1) is 0 Å². The molecular formula is C15H20BF3KNO2. The second kappa shape index (κ2) is 7.91. The fourth-order valence-corrected chi connectivity index (χ4v) is 2.74. The number of hydrogen-bond acceptors (Lipinski definition) is 2. The van der Waals surface area contributed by atoms with E-state index >= 15 is 0 Å². The SMILES string of the molecule is CC(C)(C)OC(=O)N1CC(c2ccccc2)C([B-](F)(F)F)C1.[K+]. The molecule has 1 aliphatic rings. The van der Waals surface area contributed by atoms with Gasteiger partial charge in [0.15, 0.2) is 0 Å². The van der Waals surface area contributed by atoms with Gasteiger partial charge in [-0.25, -0.2) is 4.79 Å². The minimum atomic E-state index is -5.03. The third-order valence-electron chi connectivity index (χ3n) is 3.73. The number of carbonyl (C=O) groups excluding carboxylic acids is 1. The number of carbonyl (C=O) groups is 1. The van der Waals surface area contributed by atoms with Crippen molar-refractivity contribution in [2.24, 2.45) is 0 Å². The summed E-state index contributed by atoms with van der Waals surface area (Å²) >= 11 is 0. The summed E-state index contributed by atoms with van der Waals surface area (Å²) in [5, 5.41) is 0. The van der Waals surface area contributed by atoms with Crippen molar-refractivity contribution in [3.05, 3.63) is 35.9 Å². The fourth-order valence-electron chi connectivity index (χ4n) is 2.74. The van der Waals surface area contributed by atoms with Crippen LogP contribution in [0.5, 0.6) is 0 Å². The van der Waals surface area contributed by atoms with Crippen molar-refractivity contribution in [1.82, 2.24) is 4.90 Å². The second-order valence-electron chi connectivity index (χ2n) is 6.69. The Balaban J connectivity index is 0.00000264. The molecule has 2 atom stereocenters. The monoisotopic (exact) mass is 353 g/mol. The van der Waals surface area contributed by atoms with Crippen molar-refractivity contribution in [3.8, 4) is 0 Å². The number of likely N-dealkylation sites (tertiary alicyclic amines) is 1. The molecule has 8 heteroatoms. The van der Waals surface area contributed by atoms with E-state index < -0.39 is 30.4 Å². The molecule has 1 aliphatic heterocycles. The average molecular weight is 353 g/mol. The topological polar surface area (TPSA) is 29.5 Å². The molecule has 1 amide bonds. The molecule has 0 N–H and O–H groups in total. The third kappa shape index (κ3) is 5.78. The molecule has 2 rings (SSSR count). The molecule has 0 spiro atoms. The van der Waals surface area contributed by atoms with Gasteiger partial charge < -0.3 is 22.6 Å². The van der Waals surface area contributed by atoms with E-state index in [9.17, 15) is 17.7 Å². The van der Waals surface area contributed by atoms with E-state index in [-0.39, 0.29) is 64.5 Å². The van der Waals surface area contributed by atoms with Gasteiger partial charge in [0, 0.05) is 13.1 Å². The van der Waals surface area contributed by atoms with Gasteiger partial charge in [-0.3, -0.25) is 0 Å². The first kappa shape index (κ1) is 21.0. The Morgan fingerprint density at radius 1 is 1.17 bits per heavy atom. The number of nitrogens with zero attached hydrogens (tertiary/aromatic N) is 1. The van der Waals surface area contributed by atoms with Gasteiger partial charge in [0.05, 0.1) is 0 Å². The van der Waals surface area contributed by atoms with Crippen molar-refractivity contribution < 1.29 is 73.9 Å². The zero-order chi connectivity index (χ0) is 16.5. The van der Waals surface area contributed by atoms with Crippen molar-refractivity contribution in [1.29, 1.82) is 0 Å². The van der Waals surface area contributed by atoms with Crippen LogP contribution >= 0.6 is 0 Å². The Morgan fingerprint density at radius 3 is 2.22 bits per heavy atom. The predicted molar refractivity (Wildman–Crippen MR) is 79.8 cm³/mol. The molecule has 122 valence electrons. The molecular weight excluding hydrogens is 333 g/mol. The van der Waals surface area contributed by atoms with Crippen molar-refractivity contribution >= 4 is 13.1 Å². The molecule has 0 aromatic heterocycles. The maximum Gasteiger partial charge on any atom is 1.00 e. The van der Waals surface area contributed by atoms with Gasteiger partial charge in [0.2, 0.25) is 0 Å². The van der Waals surface area contributed by atoms with Crippen molar-refractivity contribution in [2.75, 3.05) is 13.1 Å². The van der Waals surface area contributed by atoms with Gasteiger partial charge >= 0.3 is 64.5 Å². The van der Waals surface area contributed by atoms with Crippen LogP contribution in [-0.2, 0) is 4.74 Å². The summed E-state index contributed by atoms with van der Waals surface area (Å²) in [4.78, 5) is 13.2. The molecule has 1 heterocycles. The van der Waals surface area contributed by atoms with Gasteiger partial charge in [-0.1, -0.05) is 30.3 Å². The van der Waals surface area contributed by atoms with Crippen LogP contribution in [0.3, 0.4) is 0 Å². The first-order valence-corrected chi connectivity index (χ1v) is 7.31. The Labute approximate surface area is 177 Å². The molecule has 1 saturated heterocycles. The summed E-state index contributed by atoms with van der Waals surface area (Å²) in [7, 11) is 0. The summed E-state index contributed by atoms with van der Waals surface area (Å²) in [5.74, 6) is -2.23. The Morgan fingerprint density at radius 2 is 1.74 bits per heavy atom. The molecule has 0 bridgehead atoms. The maximum atomic E-state index is 13.4. The minimum absolute atomic E-state index is 0. The first-order valence-electron chi connectivity index (χ1n) is 7.31. The number of benzene rings is 1. The Kier molecular flexibility index (Phi) is 7.23. The van der Waals surface area contributed by atoms with Crippen LogP contribution in [-0.4, -0.2) is 36.7 Å². The number of halogens is 3. The van der Waals surface area contributed by atoms with E-state index in [0.717, 1.165) is 0 Å². The van der Waals surface area contributed by atoms with Crippen LogP contribution in [0.25, 0.3) is 0 Å². The molecule has 0 radical (unpaired) electrons. The van der Waals surface area contributed by atoms with E-state index in [1.54, 1.807) is 51.1 Å². The molecule has 23 heavy (non-hydrogen) atoms. The van der Waals surface area contributed by atoms with Crippen LogP contribution in [0.2, 0.25) is 5.82 Å². The summed E-state index contributed by atoms with van der Waals surface area (Å²) in [5.41, 5.74) is -0.112. The molecule has 3 nitrogen and oxygen atoms in total. The second-order valence-corrected chi connectivity index (χ2v) is 6.69. The standard InChI is InChI=1S/C15H20BF3NO2.K/c1-15(2,3)22-14(21)20-9-12(11-7-5-4-6-8-11)13(10-20)16(17,18)19;/h4-8,12-13H,9-10H2,1-3H3;/q-1;+1. The molecule has 1 aromatic rings. The molecule has 1 fully saturated rings. The smallest absolute Gasteiger partial charge is 0.449 e. The maximum absolute atomic E-state index is 13.4. The fraction of sp³-hybridized carbons (Fsp3) is 0.533. The predicted octanol–water partition coefficient (Wildman–Crippen LogP) is 1.24. The van der Waals surface area contributed by atoms with Crippen molar-refractivity contribution in [3.63, 3.8) is 0 Å². The molecule has 1 aromatic carbocycles. The van der Waals surface area contributed by atoms with E-state index in [4.69, 9.17) is 4.74 Å². The van der Waals surface area contributed by atoms with E-state index in [0.29, 0.717) is 5.56 Å². The number of rotatable bonds is 2. The van der Waals surface area contributed by atoms with E-state index in [1.807, 2.05) is 0 Å². The van der Waals surface area contributed by atoms with Crippen LogP contribution in [0.4, 0.5) is 17.7 Å². The van der Waals surface area contributed by atoms with Gasteiger partial charge in [-0.15, -0.1) is 0 Å². The van der Waals surface area contributed by atoms with Gasteiger partial charge in [0.1, 0.15) is 5.60 Å². The van der Waals surface area contributed by atoms with Crippen LogP contribution in [0.1, 0.15) is 32.3 Å². The molecule has 0 aliphatic carbocycles. The van der Waals surface area contributed by atoms with Gasteiger partial charge in [-0.2, -0.15) is 0 Å². The zero-order valence-corrected chi connectivity index (χ0v) is 17.1. The minimum Gasteiger partial charge on any atom is -0.449 e. The average Bonchev–Trinajstić information content (AvgIpc) is 2.82. The van der Waals surface area contributed by atoms with Crippen LogP contribution < -0.4 is 51.4 Å². The van der Waals surface area contributed by atoms with Crippen molar-refractivity contribution in [2.45, 2.75) is 38.1 Å². The van der Waals surface area contributed by atoms with E-state index in [2.05, 4.69) is 0 Å². The molecule has 0 saturated carbocycles. The first-order chi connectivity index (χ1) is 10.1. The summed E-state index contributed by atoms with van der Waals surface area (Å²) in [6, 6.07) is 8.55. The Hall–Kier alpha value is -0.0187. The third-order valence-corrected chi connectivity index (χ3v) is 3.73. The normalized spacial score (nSPS) is 21.7. The largest absolute Gasteiger partial charge is 1.00 e. The Bertz CT molecular complexity index is 534. The quantitative estimate of drug-likeness (QED) is 0.749. The summed E-state index contributed by atoms with van der Waals surface area (Å²) in [6.45, 7) is -0.249. The number of ether oxygens (including phenoxy) is 1.